The number of aromatic nitrogens is 2. The maximum atomic E-state index is 9.00. The molecule has 22 heavy (non-hydrogen) atoms. The first-order valence-electron chi connectivity index (χ1n) is 8.77. The molecule has 0 bridgehead atoms. The highest BCUT2D eigenvalue weighted by molar-refractivity contribution is 5.23. The minimum atomic E-state index is 0.563. The second kappa shape index (κ2) is 6.02. The van der Waals surface area contributed by atoms with E-state index in [2.05, 4.69) is 21.0 Å². The molecule has 0 spiro atoms. The van der Waals surface area contributed by atoms with Crippen molar-refractivity contribution in [3.63, 3.8) is 0 Å². The number of rotatable bonds is 2. The van der Waals surface area contributed by atoms with Gasteiger partial charge in [0, 0.05) is 25.7 Å². The molecule has 118 valence electrons. The Balaban J connectivity index is 1.42. The van der Waals surface area contributed by atoms with Crippen LogP contribution in [0.15, 0.2) is 6.07 Å². The van der Waals surface area contributed by atoms with Crippen LogP contribution in [0.3, 0.4) is 0 Å². The van der Waals surface area contributed by atoms with Crippen LogP contribution in [0, 0.1) is 17.2 Å². The molecular formula is C17H25N5. The standard InChI is InChI=1S/C17H25N5/c18-11-15-10-16-13-20(8-9-22(16)19-15)12-14-4-3-7-21-6-2-1-5-17(14)21/h10,14,17H,1-9,12-13H2/t14-,17+/m0/s1. The molecule has 0 N–H and O–H groups in total. The summed E-state index contributed by atoms with van der Waals surface area (Å²) < 4.78 is 2.02. The van der Waals surface area contributed by atoms with E-state index in [1.165, 1.54) is 57.4 Å². The quantitative estimate of drug-likeness (QED) is 0.836. The number of nitrogens with zero attached hydrogens (tertiary/aromatic N) is 5. The fourth-order valence-electron chi connectivity index (χ4n) is 4.65. The van der Waals surface area contributed by atoms with Gasteiger partial charge in [0.2, 0.25) is 0 Å². The highest BCUT2D eigenvalue weighted by Gasteiger charge is 2.34. The van der Waals surface area contributed by atoms with Crippen LogP contribution in [0.2, 0.25) is 0 Å². The molecule has 2 fully saturated rings. The predicted octanol–water partition coefficient (Wildman–Crippen LogP) is 1.83. The molecule has 0 amide bonds. The molecule has 0 unspecified atom stereocenters. The van der Waals surface area contributed by atoms with E-state index >= 15 is 0 Å². The lowest BCUT2D eigenvalue weighted by Gasteiger charge is -2.46. The smallest absolute Gasteiger partial charge is 0.162 e. The van der Waals surface area contributed by atoms with Gasteiger partial charge in [-0.15, -0.1) is 0 Å². The molecule has 2 atom stereocenters. The van der Waals surface area contributed by atoms with E-state index < -0.39 is 0 Å². The van der Waals surface area contributed by atoms with Crippen molar-refractivity contribution in [3.05, 3.63) is 17.5 Å². The van der Waals surface area contributed by atoms with Crippen LogP contribution < -0.4 is 0 Å². The highest BCUT2D eigenvalue weighted by Crippen LogP contribution is 2.32. The van der Waals surface area contributed by atoms with Crippen LogP contribution in [-0.4, -0.2) is 51.8 Å². The Bertz CT molecular complexity index is 570. The van der Waals surface area contributed by atoms with Gasteiger partial charge >= 0.3 is 0 Å². The summed E-state index contributed by atoms with van der Waals surface area (Å²) in [5.41, 5.74) is 1.77. The van der Waals surface area contributed by atoms with Crippen molar-refractivity contribution >= 4 is 0 Å². The summed E-state index contributed by atoms with van der Waals surface area (Å²) >= 11 is 0. The van der Waals surface area contributed by atoms with Crippen molar-refractivity contribution in [1.82, 2.24) is 19.6 Å². The minimum absolute atomic E-state index is 0.563. The fraction of sp³-hybridized carbons (Fsp3) is 0.765. The van der Waals surface area contributed by atoms with Gasteiger partial charge in [0.05, 0.1) is 12.2 Å². The number of fused-ring (bicyclic) bond motifs is 2. The molecule has 1 aromatic heterocycles. The SMILES string of the molecule is N#Cc1cc2n(n1)CCN(C[C@@H]1CCCN3CCCC[C@H]13)C2. The molecule has 2 saturated heterocycles. The monoisotopic (exact) mass is 299 g/mol. The third-order valence-corrected chi connectivity index (χ3v) is 5.71. The second-order valence-corrected chi connectivity index (χ2v) is 7.09. The van der Waals surface area contributed by atoms with Crippen LogP contribution >= 0.6 is 0 Å². The van der Waals surface area contributed by atoms with E-state index in [4.69, 9.17) is 5.26 Å². The van der Waals surface area contributed by atoms with Crippen LogP contribution in [0.1, 0.15) is 43.5 Å². The molecule has 4 heterocycles. The average Bonchev–Trinajstić information content (AvgIpc) is 2.98. The maximum Gasteiger partial charge on any atom is 0.162 e. The van der Waals surface area contributed by atoms with E-state index in [0.717, 1.165) is 31.6 Å². The first kappa shape index (κ1) is 14.2. The Morgan fingerprint density at radius 1 is 1.14 bits per heavy atom. The van der Waals surface area contributed by atoms with E-state index in [-0.39, 0.29) is 0 Å². The van der Waals surface area contributed by atoms with Gasteiger partial charge in [-0.1, -0.05) is 6.42 Å². The zero-order valence-electron chi connectivity index (χ0n) is 13.2. The lowest BCUT2D eigenvalue weighted by Crippen LogP contribution is -2.51. The van der Waals surface area contributed by atoms with Gasteiger partial charge in [-0.3, -0.25) is 9.58 Å². The largest absolute Gasteiger partial charge is 0.300 e. The molecule has 0 radical (unpaired) electrons. The lowest BCUT2D eigenvalue weighted by atomic mass is 9.83. The summed E-state index contributed by atoms with van der Waals surface area (Å²) in [4.78, 5) is 5.33. The normalized spacial score (nSPS) is 29.6. The third-order valence-electron chi connectivity index (χ3n) is 5.71. The van der Waals surface area contributed by atoms with E-state index in [1.807, 2.05) is 10.7 Å². The Hall–Kier alpha value is -1.38. The maximum absolute atomic E-state index is 9.00. The second-order valence-electron chi connectivity index (χ2n) is 7.09. The molecule has 3 aliphatic rings. The van der Waals surface area contributed by atoms with Gasteiger partial charge < -0.3 is 4.90 Å². The first-order chi connectivity index (χ1) is 10.8. The Kier molecular flexibility index (Phi) is 3.89. The van der Waals surface area contributed by atoms with Crippen molar-refractivity contribution in [2.75, 3.05) is 26.2 Å². The third kappa shape index (κ3) is 2.66. The fourth-order valence-corrected chi connectivity index (χ4v) is 4.65. The van der Waals surface area contributed by atoms with Crippen molar-refractivity contribution < 1.29 is 0 Å². The van der Waals surface area contributed by atoms with Gasteiger partial charge in [-0.2, -0.15) is 10.4 Å². The summed E-state index contributed by atoms with van der Waals surface area (Å²) in [5, 5.41) is 13.3. The van der Waals surface area contributed by atoms with Crippen molar-refractivity contribution in [2.45, 2.75) is 51.2 Å². The Labute approximate surface area is 132 Å². The first-order valence-corrected chi connectivity index (χ1v) is 8.77. The van der Waals surface area contributed by atoms with E-state index in [0.29, 0.717) is 5.69 Å². The highest BCUT2D eigenvalue weighted by atomic mass is 15.3. The lowest BCUT2D eigenvalue weighted by molar-refractivity contribution is 0.0350. The molecule has 0 aliphatic carbocycles. The number of piperidine rings is 2. The molecule has 5 heteroatoms. The van der Waals surface area contributed by atoms with Crippen LogP contribution in [0.25, 0.3) is 0 Å². The van der Waals surface area contributed by atoms with Gasteiger partial charge in [0.15, 0.2) is 5.69 Å². The summed E-state index contributed by atoms with van der Waals surface area (Å²) in [7, 11) is 0. The van der Waals surface area contributed by atoms with Gasteiger partial charge in [-0.05, 0) is 50.8 Å². The van der Waals surface area contributed by atoms with Gasteiger partial charge in [0.1, 0.15) is 6.07 Å². The van der Waals surface area contributed by atoms with Crippen LogP contribution in [0.4, 0.5) is 0 Å². The summed E-state index contributed by atoms with van der Waals surface area (Å²) in [5.74, 6) is 0.832. The Morgan fingerprint density at radius 3 is 2.95 bits per heavy atom. The summed E-state index contributed by atoms with van der Waals surface area (Å²) in [6.45, 7) is 6.81. The summed E-state index contributed by atoms with van der Waals surface area (Å²) in [6.07, 6.45) is 6.96. The molecular weight excluding hydrogens is 274 g/mol. The van der Waals surface area contributed by atoms with Gasteiger partial charge in [0.25, 0.3) is 0 Å². The van der Waals surface area contributed by atoms with Crippen LogP contribution in [-0.2, 0) is 13.1 Å². The Morgan fingerprint density at radius 2 is 2.05 bits per heavy atom. The van der Waals surface area contributed by atoms with Gasteiger partial charge in [-0.25, -0.2) is 0 Å². The number of hydrogen-bond acceptors (Lipinski definition) is 4. The van der Waals surface area contributed by atoms with E-state index in [9.17, 15) is 0 Å². The molecule has 0 aromatic carbocycles. The molecule has 1 aromatic rings. The number of hydrogen-bond donors (Lipinski definition) is 0. The minimum Gasteiger partial charge on any atom is -0.300 e. The molecule has 5 nitrogen and oxygen atoms in total. The van der Waals surface area contributed by atoms with Crippen molar-refractivity contribution in [2.24, 2.45) is 5.92 Å². The van der Waals surface area contributed by atoms with Crippen molar-refractivity contribution in [1.29, 1.82) is 5.26 Å². The zero-order valence-corrected chi connectivity index (χ0v) is 13.2. The molecule has 4 rings (SSSR count). The average molecular weight is 299 g/mol. The molecule has 3 aliphatic heterocycles. The topological polar surface area (TPSA) is 48.1 Å². The zero-order chi connectivity index (χ0) is 14.9. The van der Waals surface area contributed by atoms with Crippen LogP contribution in [0.5, 0.6) is 0 Å². The number of nitriles is 1. The summed E-state index contributed by atoms with van der Waals surface area (Å²) in [6, 6.07) is 4.94. The van der Waals surface area contributed by atoms with E-state index in [1.54, 1.807) is 0 Å². The predicted molar refractivity (Wildman–Crippen MR) is 84.2 cm³/mol. The molecule has 0 saturated carbocycles. The van der Waals surface area contributed by atoms with Crippen molar-refractivity contribution in [3.8, 4) is 6.07 Å².